The van der Waals surface area contributed by atoms with Gasteiger partial charge in [-0.3, -0.25) is 14.4 Å². The molecule has 0 heterocycles. The molecule has 472 valence electrons. The summed E-state index contributed by atoms with van der Waals surface area (Å²) in [5, 5.41) is 0. The molecular formula is C76H132O6. The molecule has 0 radical (unpaired) electrons. The van der Waals surface area contributed by atoms with Crippen LogP contribution in [0.3, 0.4) is 0 Å². The number of ether oxygens (including phenoxy) is 3. The number of rotatable bonds is 64. The first-order chi connectivity index (χ1) is 40.5. The highest BCUT2D eigenvalue weighted by atomic mass is 16.6. The first-order valence-electron chi connectivity index (χ1n) is 35.2. The molecule has 1 atom stereocenters. The number of carbonyl (C=O) groups excluding carboxylic acids is 3. The van der Waals surface area contributed by atoms with Crippen molar-refractivity contribution in [3.63, 3.8) is 0 Å². The Kier molecular flexibility index (Phi) is 66.7. The Balaban J connectivity index is 4.18. The summed E-state index contributed by atoms with van der Waals surface area (Å²) in [7, 11) is 0. The maximum absolute atomic E-state index is 12.9. The third-order valence-corrected chi connectivity index (χ3v) is 15.3. The summed E-state index contributed by atoms with van der Waals surface area (Å²) in [4.78, 5) is 38.3. The van der Waals surface area contributed by atoms with Crippen molar-refractivity contribution >= 4 is 17.9 Å². The van der Waals surface area contributed by atoms with E-state index in [1.54, 1.807) is 0 Å². The average molecular weight is 1140 g/mol. The largest absolute Gasteiger partial charge is 0.462 e. The molecule has 0 aliphatic heterocycles. The van der Waals surface area contributed by atoms with Gasteiger partial charge in [-0.2, -0.15) is 0 Å². The molecule has 0 spiro atoms. The van der Waals surface area contributed by atoms with Gasteiger partial charge in [0.1, 0.15) is 13.2 Å². The lowest BCUT2D eigenvalue weighted by Gasteiger charge is -2.18. The lowest BCUT2D eigenvalue weighted by atomic mass is 10.0. The van der Waals surface area contributed by atoms with Crippen molar-refractivity contribution in [3.8, 4) is 0 Å². The van der Waals surface area contributed by atoms with Crippen LogP contribution in [0.1, 0.15) is 348 Å². The highest BCUT2D eigenvalue weighted by Crippen LogP contribution is 2.17. The first-order valence-corrected chi connectivity index (χ1v) is 35.2. The van der Waals surface area contributed by atoms with Gasteiger partial charge in [-0.15, -0.1) is 0 Å². The van der Waals surface area contributed by atoms with E-state index in [1.165, 1.54) is 199 Å². The minimum Gasteiger partial charge on any atom is -0.462 e. The second-order valence-corrected chi connectivity index (χ2v) is 23.4. The number of allylic oxidation sites excluding steroid dienone is 16. The number of esters is 3. The van der Waals surface area contributed by atoms with E-state index in [2.05, 4.69) is 118 Å². The molecule has 0 aliphatic rings. The summed E-state index contributed by atoms with van der Waals surface area (Å²) in [6, 6.07) is 0. The summed E-state index contributed by atoms with van der Waals surface area (Å²) in [5.41, 5.74) is 0. The third kappa shape index (κ3) is 67.1. The topological polar surface area (TPSA) is 78.9 Å². The fourth-order valence-corrected chi connectivity index (χ4v) is 10.1. The van der Waals surface area contributed by atoms with Crippen LogP contribution in [0.2, 0.25) is 0 Å². The number of unbranched alkanes of at least 4 members (excludes halogenated alkanes) is 37. The Morgan fingerprint density at radius 3 is 0.744 bits per heavy atom. The Hall–Kier alpha value is -3.67. The maximum atomic E-state index is 12.9. The minimum atomic E-state index is -0.783. The molecule has 0 saturated carbocycles. The highest BCUT2D eigenvalue weighted by Gasteiger charge is 2.19. The highest BCUT2D eigenvalue weighted by molar-refractivity contribution is 5.71. The van der Waals surface area contributed by atoms with Gasteiger partial charge in [0, 0.05) is 19.3 Å². The van der Waals surface area contributed by atoms with Gasteiger partial charge in [-0.25, -0.2) is 0 Å². The summed E-state index contributed by atoms with van der Waals surface area (Å²) in [6.45, 7) is 6.53. The Labute approximate surface area is 508 Å². The smallest absolute Gasteiger partial charge is 0.306 e. The van der Waals surface area contributed by atoms with Crippen LogP contribution in [0.25, 0.3) is 0 Å². The van der Waals surface area contributed by atoms with Gasteiger partial charge in [0.2, 0.25) is 0 Å². The molecule has 0 amide bonds. The molecule has 0 fully saturated rings. The van der Waals surface area contributed by atoms with E-state index in [9.17, 15) is 14.4 Å². The summed E-state index contributed by atoms with van der Waals surface area (Å²) >= 11 is 0. The second-order valence-electron chi connectivity index (χ2n) is 23.4. The second kappa shape index (κ2) is 69.8. The lowest BCUT2D eigenvalue weighted by molar-refractivity contribution is -0.167. The van der Waals surface area contributed by atoms with Gasteiger partial charge in [0.05, 0.1) is 0 Å². The molecule has 0 saturated heterocycles. The van der Waals surface area contributed by atoms with Gasteiger partial charge in [-0.1, -0.05) is 323 Å². The molecule has 1 unspecified atom stereocenters. The van der Waals surface area contributed by atoms with Crippen LogP contribution in [-0.2, 0) is 28.6 Å². The maximum Gasteiger partial charge on any atom is 0.306 e. The van der Waals surface area contributed by atoms with Gasteiger partial charge in [-0.05, 0) is 103 Å². The fourth-order valence-electron chi connectivity index (χ4n) is 10.1. The fraction of sp³-hybridized carbons (Fsp3) is 0.750. The van der Waals surface area contributed by atoms with Gasteiger partial charge in [0.25, 0.3) is 0 Å². The van der Waals surface area contributed by atoms with E-state index in [0.717, 1.165) is 109 Å². The monoisotopic (exact) mass is 1140 g/mol. The molecular weight excluding hydrogens is 1010 g/mol. The number of carbonyl (C=O) groups is 3. The lowest BCUT2D eigenvalue weighted by Crippen LogP contribution is -2.30. The molecule has 0 rings (SSSR count). The van der Waals surface area contributed by atoms with Crippen LogP contribution in [0.4, 0.5) is 0 Å². The van der Waals surface area contributed by atoms with Crippen LogP contribution in [0.15, 0.2) is 97.2 Å². The molecule has 6 nitrogen and oxygen atoms in total. The predicted octanol–water partition coefficient (Wildman–Crippen LogP) is 24.4. The van der Waals surface area contributed by atoms with Crippen LogP contribution < -0.4 is 0 Å². The molecule has 0 N–H and O–H groups in total. The average Bonchev–Trinajstić information content (AvgIpc) is 3.47. The molecule has 0 aromatic heterocycles. The van der Waals surface area contributed by atoms with Crippen LogP contribution in [-0.4, -0.2) is 37.2 Å². The molecule has 0 aromatic rings. The van der Waals surface area contributed by atoms with E-state index < -0.39 is 6.10 Å². The first kappa shape index (κ1) is 78.3. The van der Waals surface area contributed by atoms with Crippen molar-refractivity contribution in [1.82, 2.24) is 0 Å². The standard InChI is InChI=1S/C76H132O6/c1-4-7-10-13-16-19-22-24-26-28-30-32-34-35-36-37-38-39-40-41-43-44-46-48-50-52-54-57-60-63-66-69-75(78)81-72-73(71-80-74(77)68-65-62-59-56-21-18-15-12-9-6-3)82-76(79)70-67-64-61-58-55-53-51-49-47-45-42-33-31-29-27-25-23-20-17-14-11-8-5-2/h8,11,17,20,22,24-25,27-28,30-31,33-35,45,47,73H,4-7,9-10,12-16,18-19,21,23,26,29,32,36-44,46,48-72H2,1-3H3/b11-8-,20-17-,24-22-,27-25-,30-28-,33-31-,35-34-,47-45-. The van der Waals surface area contributed by atoms with E-state index in [1.807, 2.05) is 0 Å². The summed E-state index contributed by atoms with van der Waals surface area (Å²) in [6.07, 6.45) is 94.4. The third-order valence-electron chi connectivity index (χ3n) is 15.3. The van der Waals surface area contributed by atoms with E-state index in [-0.39, 0.29) is 31.1 Å². The van der Waals surface area contributed by atoms with Crippen molar-refractivity contribution in [2.24, 2.45) is 0 Å². The Bertz CT molecular complexity index is 1590. The van der Waals surface area contributed by atoms with Crippen molar-refractivity contribution in [3.05, 3.63) is 97.2 Å². The Morgan fingerprint density at radius 2 is 0.476 bits per heavy atom. The SMILES string of the molecule is CC/C=C\C/C=C\C/C=C\C/C=C\C/C=C\CCCCCCCCCC(=O)OC(COC(=O)CCCCCCCCCCCC)COC(=O)CCCCCCCCCCCCCCCCCC/C=C\C/C=C\C/C=C\CCCCCCC. The van der Waals surface area contributed by atoms with Gasteiger partial charge >= 0.3 is 17.9 Å². The van der Waals surface area contributed by atoms with Crippen molar-refractivity contribution in [1.29, 1.82) is 0 Å². The van der Waals surface area contributed by atoms with Crippen molar-refractivity contribution in [2.75, 3.05) is 13.2 Å². The zero-order valence-electron chi connectivity index (χ0n) is 54.2. The summed E-state index contributed by atoms with van der Waals surface area (Å²) < 4.78 is 16.9. The normalized spacial score (nSPS) is 12.7. The minimum absolute atomic E-state index is 0.0786. The zero-order chi connectivity index (χ0) is 59.2. The van der Waals surface area contributed by atoms with Crippen LogP contribution in [0, 0.1) is 0 Å². The molecule has 6 heteroatoms. The van der Waals surface area contributed by atoms with E-state index in [4.69, 9.17) is 14.2 Å². The summed E-state index contributed by atoms with van der Waals surface area (Å²) in [5.74, 6) is -0.877. The molecule has 82 heavy (non-hydrogen) atoms. The quantitative estimate of drug-likeness (QED) is 0.0261. The molecule has 0 aliphatic carbocycles. The van der Waals surface area contributed by atoms with Crippen LogP contribution >= 0.6 is 0 Å². The van der Waals surface area contributed by atoms with Gasteiger partial charge in [0.15, 0.2) is 6.10 Å². The van der Waals surface area contributed by atoms with Crippen LogP contribution in [0.5, 0.6) is 0 Å². The number of hydrogen-bond donors (Lipinski definition) is 0. The van der Waals surface area contributed by atoms with Gasteiger partial charge < -0.3 is 14.2 Å². The van der Waals surface area contributed by atoms with E-state index >= 15 is 0 Å². The predicted molar refractivity (Wildman–Crippen MR) is 357 cm³/mol. The zero-order valence-corrected chi connectivity index (χ0v) is 54.2. The van der Waals surface area contributed by atoms with Crippen molar-refractivity contribution < 1.29 is 28.6 Å². The Morgan fingerprint density at radius 1 is 0.256 bits per heavy atom. The number of hydrogen-bond acceptors (Lipinski definition) is 6. The molecule has 0 aromatic carbocycles. The molecule has 0 bridgehead atoms. The van der Waals surface area contributed by atoms with E-state index in [0.29, 0.717) is 19.3 Å². The van der Waals surface area contributed by atoms with Crippen molar-refractivity contribution in [2.45, 2.75) is 354 Å².